The molecule has 0 radical (unpaired) electrons. The third-order valence-corrected chi connectivity index (χ3v) is 3.78. The van der Waals surface area contributed by atoms with E-state index in [1.807, 2.05) is 30.3 Å². The number of carbonyl (C=O) groups is 2. The van der Waals surface area contributed by atoms with E-state index >= 15 is 0 Å². The average Bonchev–Trinajstić information content (AvgIpc) is 3.13. The predicted molar refractivity (Wildman–Crippen MR) is 81.3 cm³/mol. The second-order valence-electron chi connectivity index (χ2n) is 5.35. The maximum atomic E-state index is 12.0. The molecule has 22 heavy (non-hydrogen) atoms. The molecule has 0 fully saturated rings. The standard InChI is InChI=1S/C17H18N2O3/c20-16(18-9-3-5-12-6-4-10-22-12)11-15-13-7-1-2-8-14(13)17(21)19-15/h1-2,4,6-8,10,15H,3,5,9,11H2,(H,18,20)(H,19,21). The molecule has 1 aliphatic rings. The van der Waals surface area contributed by atoms with E-state index < -0.39 is 0 Å². The number of carbonyl (C=O) groups excluding carboxylic acids is 2. The smallest absolute Gasteiger partial charge is 0.252 e. The van der Waals surface area contributed by atoms with Crippen LogP contribution in [0, 0.1) is 0 Å². The van der Waals surface area contributed by atoms with Gasteiger partial charge >= 0.3 is 0 Å². The highest BCUT2D eigenvalue weighted by molar-refractivity contribution is 5.99. The molecule has 0 bridgehead atoms. The molecule has 2 heterocycles. The largest absolute Gasteiger partial charge is 0.469 e. The van der Waals surface area contributed by atoms with E-state index in [4.69, 9.17) is 4.42 Å². The molecule has 2 aromatic rings. The molecule has 1 aromatic carbocycles. The van der Waals surface area contributed by atoms with Gasteiger partial charge in [-0.15, -0.1) is 0 Å². The Bertz CT molecular complexity index is 664. The number of amides is 2. The number of hydrogen-bond donors (Lipinski definition) is 2. The molecule has 5 nitrogen and oxygen atoms in total. The molecule has 114 valence electrons. The van der Waals surface area contributed by atoms with Crippen LogP contribution in [0.2, 0.25) is 0 Å². The van der Waals surface area contributed by atoms with Gasteiger partial charge in [0.25, 0.3) is 5.91 Å². The molecule has 1 unspecified atom stereocenters. The van der Waals surface area contributed by atoms with Gasteiger partial charge in [-0.1, -0.05) is 18.2 Å². The van der Waals surface area contributed by atoms with Crippen LogP contribution in [0.15, 0.2) is 47.1 Å². The molecule has 2 amide bonds. The predicted octanol–water partition coefficient (Wildman–Crippen LogP) is 2.20. The summed E-state index contributed by atoms with van der Waals surface area (Å²) in [6.45, 7) is 0.599. The van der Waals surface area contributed by atoms with Gasteiger partial charge in [-0.05, 0) is 30.2 Å². The summed E-state index contributed by atoms with van der Waals surface area (Å²) in [5, 5.41) is 5.73. The Labute approximate surface area is 128 Å². The summed E-state index contributed by atoms with van der Waals surface area (Å²) in [4.78, 5) is 23.8. The third kappa shape index (κ3) is 3.19. The molecule has 1 atom stereocenters. The summed E-state index contributed by atoms with van der Waals surface area (Å²) in [7, 11) is 0. The molecule has 1 aromatic heterocycles. The topological polar surface area (TPSA) is 71.3 Å². The summed E-state index contributed by atoms with van der Waals surface area (Å²) >= 11 is 0. The maximum Gasteiger partial charge on any atom is 0.252 e. The SMILES string of the molecule is O=C(CC1NC(=O)c2ccccc21)NCCCc1ccco1. The number of hydrogen-bond acceptors (Lipinski definition) is 3. The molecular weight excluding hydrogens is 280 g/mol. The molecule has 0 saturated heterocycles. The lowest BCUT2D eigenvalue weighted by atomic mass is 10.0. The van der Waals surface area contributed by atoms with Crippen LogP contribution >= 0.6 is 0 Å². The van der Waals surface area contributed by atoms with Crippen LogP contribution in [0.1, 0.15) is 40.6 Å². The van der Waals surface area contributed by atoms with Crippen molar-refractivity contribution in [1.82, 2.24) is 10.6 Å². The van der Waals surface area contributed by atoms with Gasteiger partial charge in [0.2, 0.25) is 5.91 Å². The third-order valence-electron chi connectivity index (χ3n) is 3.78. The van der Waals surface area contributed by atoms with Crippen LogP contribution in [-0.4, -0.2) is 18.4 Å². The van der Waals surface area contributed by atoms with Crippen molar-refractivity contribution >= 4 is 11.8 Å². The summed E-state index contributed by atoms with van der Waals surface area (Å²) < 4.78 is 5.24. The zero-order chi connectivity index (χ0) is 15.4. The minimum Gasteiger partial charge on any atom is -0.469 e. The summed E-state index contributed by atoms with van der Waals surface area (Å²) in [5.74, 6) is 0.763. The molecule has 5 heteroatoms. The van der Waals surface area contributed by atoms with Crippen LogP contribution in [0.25, 0.3) is 0 Å². The first-order valence-corrected chi connectivity index (χ1v) is 7.43. The van der Waals surface area contributed by atoms with E-state index in [9.17, 15) is 9.59 Å². The highest BCUT2D eigenvalue weighted by atomic mass is 16.3. The monoisotopic (exact) mass is 298 g/mol. The van der Waals surface area contributed by atoms with Crippen molar-refractivity contribution in [3.63, 3.8) is 0 Å². The Morgan fingerprint density at radius 1 is 1.23 bits per heavy atom. The van der Waals surface area contributed by atoms with Crippen molar-refractivity contribution in [2.75, 3.05) is 6.54 Å². The van der Waals surface area contributed by atoms with E-state index in [2.05, 4.69) is 10.6 Å². The van der Waals surface area contributed by atoms with E-state index in [0.29, 0.717) is 12.1 Å². The van der Waals surface area contributed by atoms with Gasteiger partial charge in [0.05, 0.1) is 18.7 Å². The van der Waals surface area contributed by atoms with E-state index in [-0.39, 0.29) is 24.3 Å². The molecule has 1 aliphatic heterocycles. The highest BCUT2D eigenvalue weighted by Gasteiger charge is 2.29. The molecular formula is C17H18N2O3. The minimum atomic E-state index is -0.228. The van der Waals surface area contributed by atoms with Gasteiger partial charge < -0.3 is 15.1 Å². The highest BCUT2D eigenvalue weighted by Crippen LogP contribution is 2.27. The summed E-state index contributed by atoms with van der Waals surface area (Å²) in [6, 6.07) is 10.9. The van der Waals surface area contributed by atoms with E-state index in [1.54, 1.807) is 12.3 Å². The Morgan fingerprint density at radius 2 is 2.09 bits per heavy atom. The quantitative estimate of drug-likeness (QED) is 0.803. The van der Waals surface area contributed by atoms with Gasteiger partial charge in [0.1, 0.15) is 5.76 Å². The Hall–Kier alpha value is -2.56. The first kappa shape index (κ1) is 14.4. The molecule has 0 aliphatic carbocycles. The molecule has 0 spiro atoms. The lowest BCUT2D eigenvalue weighted by Gasteiger charge is -2.11. The van der Waals surface area contributed by atoms with Crippen molar-refractivity contribution in [2.24, 2.45) is 0 Å². The van der Waals surface area contributed by atoms with Gasteiger partial charge in [-0.3, -0.25) is 9.59 Å². The maximum absolute atomic E-state index is 12.0. The van der Waals surface area contributed by atoms with Crippen LogP contribution in [0.5, 0.6) is 0 Å². The Balaban J connectivity index is 1.45. The first-order chi connectivity index (χ1) is 10.7. The number of benzene rings is 1. The lowest BCUT2D eigenvalue weighted by Crippen LogP contribution is -2.29. The summed E-state index contributed by atoms with van der Waals surface area (Å²) in [6.07, 6.45) is 3.54. The molecule has 0 saturated carbocycles. The zero-order valence-electron chi connectivity index (χ0n) is 12.2. The molecule has 2 N–H and O–H groups in total. The Kier molecular flexibility index (Phi) is 4.23. The van der Waals surface area contributed by atoms with E-state index in [1.165, 1.54) is 0 Å². The number of nitrogens with one attached hydrogen (secondary N) is 2. The number of furan rings is 1. The number of aryl methyl sites for hydroxylation is 1. The van der Waals surface area contributed by atoms with Crippen molar-refractivity contribution in [3.05, 3.63) is 59.5 Å². The van der Waals surface area contributed by atoms with Gasteiger partial charge in [0, 0.05) is 18.5 Å². The zero-order valence-corrected chi connectivity index (χ0v) is 12.2. The fourth-order valence-corrected chi connectivity index (χ4v) is 2.69. The number of rotatable bonds is 6. The average molecular weight is 298 g/mol. The number of fused-ring (bicyclic) bond motifs is 1. The fraction of sp³-hybridized carbons (Fsp3) is 0.294. The minimum absolute atomic E-state index is 0.0542. The first-order valence-electron chi connectivity index (χ1n) is 7.43. The van der Waals surface area contributed by atoms with Crippen LogP contribution in [0.4, 0.5) is 0 Å². The summed E-state index contributed by atoms with van der Waals surface area (Å²) in [5.41, 5.74) is 1.57. The normalized spacial score (nSPS) is 16.2. The van der Waals surface area contributed by atoms with Crippen LogP contribution in [-0.2, 0) is 11.2 Å². The van der Waals surface area contributed by atoms with Gasteiger partial charge in [0.15, 0.2) is 0 Å². The van der Waals surface area contributed by atoms with Crippen LogP contribution in [0.3, 0.4) is 0 Å². The Morgan fingerprint density at radius 3 is 2.91 bits per heavy atom. The fourth-order valence-electron chi connectivity index (χ4n) is 2.69. The van der Waals surface area contributed by atoms with E-state index in [0.717, 1.165) is 24.2 Å². The second kappa shape index (κ2) is 6.47. The van der Waals surface area contributed by atoms with Gasteiger partial charge in [-0.25, -0.2) is 0 Å². The lowest BCUT2D eigenvalue weighted by molar-refractivity contribution is -0.121. The van der Waals surface area contributed by atoms with Gasteiger partial charge in [-0.2, -0.15) is 0 Å². The molecule has 3 rings (SSSR count). The van der Waals surface area contributed by atoms with Crippen molar-refractivity contribution in [1.29, 1.82) is 0 Å². The van der Waals surface area contributed by atoms with Crippen molar-refractivity contribution < 1.29 is 14.0 Å². The van der Waals surface area contributed by atoms with Crippen LogP contribution < -0.4 is 10.6 Å². The van der Waals surface area contributed by atoms with Crippen molar-refractivity contribution in [3.8, 4) is 0 Å². The van der Waals surface area contributed by atoms with Crippen molar-refractivity contribution in [2.45, 2.75) is 25.3 Å². The second-order valence-corrected chi connectivity index (χ2v) is 5.35.